The maximum absolute atomic E-state index is 13.0. The molecular formula is C11H8F2O2. The van der Waals surface area contributed by atoms with E-state index in [4.69, 9.17) is 5.11 Å². The number of carboxylic acids is 1. The molecule has 0 aliphatic rings. The number of carbonyl (C=O) groups is 1. The van der Waals surface area contributed by atoms with Crippen molar-refractivity contribution in [2.45, 2.75) is 13.3 Å². The second-order valence-electron chi connectivity index (χ2n) is 2.91. The van der Waals surface area contributed by atoms with Crippen molar-refractivity contribution in [3.8, 4) is 11.8 Å². The van der Waals surface area contributed by atoms with Crippen LogP contribution in [0.15, 0.2) is 12.1 Å². The summed E-state index contributed by atoms with van der Waals surface area (Å²) in [5.74, 6) is 1.89. The van der Waals surface area contributed by atoms with Crippen molar-refractivity contribution < 1.29 is 18.7 Å². The van der Waals surface area contributed by atoms with Crippen molar-refractivity contribution in [2.24, 2.45) is 0 Å². The zero-order valence-corrected chi connectivity index (χ0v) is 7.97. The molecule has 1 aromatic rings. The summed E-state index contributed by atoms with van der Waals surface area (Å²) in [6, 6.07) is 2.29. The zero-order chi connectivity index (χ0) is 11.4. The summed E-state index contributed by atoms with van der Waals surface area (Å²) < 4.78 is 25.7. The molecule has 0 unspecified atom stereocenters. The van der Waals surface area contributed by atoms with Crippen LogP contribution >= 0.6 is 0 Å². The van der Waals surface area contributed by atoms with Crippen LogP contribution in [0.4, 0.5) is 8.78 Å². The van der Waals surface area contributed by atoms with E-state index in [1.54, 1.807) is 0 Å². The fourth-order valence-electron chi connectivity index (χ4n) is 1.00. The first-order chi connectivity index (χ1) is 7.02. The lowest BCUT2D eigenvalue weighted by Gasteiger charge is -2.00. The fourth-order valence-corrected chi connectivity index (χ4v) is 1.00. The van der Waals surface area contributed by atoms with E-state index in [1.807, 2.05) is 0 Å². The number of rotatable bonds is 1. The Bertz CT molecular complexity index is 456. The van der Waals surface area contributed by atoms with E-state index in [0.29, 0.717) is 5.56 Å². The van der Waals surface area contributed by atoms with Crippen LogP contribution in [0.3, 0.4) is 0 Å². The van der Waals surface area contributed by atoms with Crippen LogP contribution in [0.25, 0.3) is 0 Å². The van der Waals surface area contributed by atoms with E-state index >= 15 is 0 Å². The Morgan fingerprint density at radius 3 is 2.73 bits per heavy atom. The molecule has 0 amide bonds. The monoisotopic (exact) mass is 210 g/mol. The van der Waals surface area contributed by atoms with Crippen LogP contribution in [-0.4, -0.2) is 11.1 Å². The molecule has 0 bridgehead atoms. The smallest absolute Gasteiger partial charge is 0.315 e. The number of aliphatic carboxylic acids is 1. The van der Waals surface area contributed by atoms with Crippen LogP contribution in [0.5, 0.6) is 0 Å². The van der Waals surface area contributed by atoms with Crippen LogP contribution in [0.2, 0.25) is 0 Å². The lowest BCUT2D eigenvalue weighted by Crippen LogP contribution is -1.93. The Morgan fingerprint density at radius 1 is 1.47 bits per heavy atom. The summed E-state index contributed by atoms with van der Waals surface area (Å²) in [6.07, 6.45) is -0.321. The van der Waals surface area contributed by atoms with Gasteiger partial charge in [-0.15, -0.1) is 0 Å². The van der Waals surface area contributed by atoms with Crippen LogP contribution in [0.1, 0.15) is 17.5 Å². The molecule has 1 N–H and O–H groups in total. The highest BCUT2D eigenvalue weighted by Crippen LogP contribution is 2.14. The van der Waals surface area contributed by atoms with Crippen LogP contribution < -0.4 is 0 Å². The van der Waals surface area contributed by atoms with Gasteiger partial charge in [-0.1, -0.05) is 11.8 Å². The molecule has 78 valence electrons. The normalized spacial score (nSPS) is 9.27. The summed E-state index contributed by atoms with van der Waals surface area (Å²) in [5, 5.41) is 8.32. The van der Waals surface area contributed by atoms with Gasteiger partial charge in [0.05, 0.1) is 0 Å². The van der Waals surface area contributed by atoms with Crippen molar-refractivity contribution in [3.63, 3.8) is 0 Å². The predicted octanol–water partition coefficient (Wildman–Crippen LogP) is 2.10. The molecule has 1 rings (SSSR count). The van der Waals surface area contributed by atoms with Crippen molar-refractivity contribution in [3.05, 3.63) is 34.9 Å². The molecule has 0 radical (unpaired) electrons. The molecule has 0 aliphatic carbocycles. The summed E-state index contributed by atoms with van der Waals surface area (Å²) in [4.78, 5) is 10.2. The molecule has 2 nitrogen and oxygen atoms in total. The molecule has 0 spiro atoms. The second kappa shape index (κ2) is 4.56. The van der Waals surface area contributed by atoms with E-state index in [2.05, 4.69) is 11.8 Å². The minimum Gasteiger partial charge on any atom is -0.481 e. The van der Waals surface area contributed by atoms with E-state index < -0.39 is 17.6 Å². The van der Waals surface area contributed by atoms with E-state index in [0.717, 1.165) is 6.07 Å². The van der Waals surface area contributed by atoms with Gasteiger partial charge < -0.3 is 5.11 Å². The van der Waals surface area contributed by atoms with Crippen molar-refractivity contribution in [2.75, 3.05) is 0 Å². The Morgan fingerprint density at radius 2 is 2.13 bits per heavy atom. The molecule has 1 aromatic carbocycles. The molecule has 0 saturated heterocycles. The third kappa shape index (κ3) is 2.78. The van der Waals surface area contributed by atoms with E-state index in [1.165, 1.54) is 13.0 Å². The first-order valence-corrected chi connectivity index (χ1v) is 4.17. The second-order valence-corrected chi connectivity index (χ2v) is 2.91. The minimum atomic E-state index is -1.05. The lowest BCUT2D eigenvalue weighted by molar-refractivity contribution is -0.135. The molecule has 0 aliphatic heterocycles. The SMILES string of the molecule is Cc1c(C#CCC(=O)O)ccc(F)c1F. The van der Waals surface area contributed by atoms with Gasteiger partial charge in [-0.05, 0) is 19.1 Å². The third-order valence-electron chi connectivity index (χ3n) is 1.80. The Hall–Kier alpha value is -1.89. The summed E-state index contributed by atoms with van der Waals surface area (Å²) in [6.45, 7) is 1.39. The van der Waals surface area contributed by atoms with Gasteiger partial charge in [0.15, 0.2) is 11.6 Å². The van der Waals surface area contributed by atoms with E-state index in [9.17, 15) is 13.6 Å². The summed E-state index contributed by atoms with van der Waals surface area (Å²) >= 11 is 0. The minimum absolute atomic E-state index is 0.0906. The maximum atomic E-state index is 13.0. The number of halogens is 2. The topological polar surface area (TPSA) is 37.3 Å². The molecule has 15 heavy (non-hydrogen) atoms. The standard InChI is InChI=1S/C11H8F2O2/c1-7-8(3-2-4-10(14)15)5-6-9(12)11(7)13/h5-6H,4H2,1H3,(H,14,15). The average molecular weight is 210 g/mol. The van der Waals surface area contributed by atoms with Gasteiger partial charge >= 0.3 is 5.97 Å². The number of carboxylic acid groups (broad SMARTS) is 1. The Labute approximate surface area is 85.5 Å². The van der Waals surface area contributed by atoms with Crippen molar-refractivity contribution >= 4 is 5.97 Å². The highest BCUT2D eigenvalue weighted by Gasteiger charge is 2.07. The van der Waals surface area contributed by atoms with Gasteiger partial charge in [0.1, 0.15) is 6.42 Å². The van der Waals surface area contributed by atoms with Gasteiger partial charge in [0, 0.05) is 11.1 Å². The maximum Gasteiger partial charge on any atom is 0.315 e. The molecule has 0 heterocycles. The highest BCUT2D eigenvalue weighted by molar-refractivity contribution is 5.70. The summed E-state index contributed by atoms with van der Waals surface area (Å²) in [5.41, 5.74) is 0.392. The third-order valence-corrected chi connectivity index (χ3v) is 1.80. The van der Waals surface area contributed by atoms with Gasteiger partial charge in [-0.25, -0.2) is 8.78 Å². The quantitative estimate of drug-likeness (QED) is 0.720. The number of benzene rings is 1. The molecule has 0 saturated carbocycles. The van der Waals surface area contributed by atoms with E-state index in [-0.39, 0.29) is 12.0 Å². The van der Waals surface area contributed by atoms with Crippen molar-refractivity contribution in [1.29, 1.82) is 0 Å². The first-order valence-electron chi connectivity index (χ1n) is 4.17. The first kappa shape index (κ1) is 11.2. The van der Waals surface area contributed by atoms with Gasteiger partial charge in [0.2, 0.25) is 0 Å². The molecular weight excluding hydrogens is 202 g/mol. The van der Waals surface area contributed by atoms with Gasteiger partial charge in [0.25, 0.3) is 0 Å². The molecule has 0 atom stereocenters. The fraction of sp³-hybridized carbons (Fsp3) is 0.182. The average Bonchev–Trinajstić information content (AvgIpc) is 2.18. The van der Waals surface area contributed by atoms with Gasteiger partial charge in [-0.3, -0.25) is 4.79 Å². The Balaban J connectivity index is 3.00. The lowest BCUT2D eigenvalue weighted by atomic mass is 10.1. The zero-order valence-electron chi connectivity index (χ0n) is 7.97. The van der Waals surface area contributed by atoms with Crippen LogP contribution in [-0.2, 0) is 4.79 Å². The summed E-state index contributed by atoms with van der Waals surface area (Å²) in [7, 11) is 0. The number of hydrogen-bond acceptors (Lipinski definition) is 1. The molecule has 0 aromatic heterocycles. The molecule has 4 heteroatoms. The van der Waals surface area contributed by atoms with Crippen molar-refractivity contribution in [1.82, 2.24) is 0 Å². The van der Waals surface area contributed by atoms with Crippen LogP contribution in [0, 0.1) is 30.4 Å². The number of hydrogen-bond donors (Lipinski definition) is 1. The highest BCUT2D eigenvalue weighted by atomic mass is 19.2. The largest absolute Gasteiger partial charge is 0.481 e. The van der Waals surface area contributed by atoms with Gasteiger partial charge in [-0.2, -0.15) is 0 Å². The molecule has 0 fully saturated rings. The predicted molar refractivity (Wildman–Crippen MR) is 50.2 cm³/mol. The Kier molecular flexibility index (Phi) is 3.40.